The van der Waals surface area contributed by atoms with Gasteiger partial charge in [-0.3, -0.25) is 0 Å². The number of hydrogen-bond acceptors (Lipinski definition) is 1. The highest BCUT2D eigenvalue weighted by Crippen LogP contribution is 2.30. The topological polar surface area (TPSA) is 26.0 Å². The average molecular weight is 341 g/mol. The van der Waals surface area contributed by atoms with Crippen LogP contribution in [0, 0.1) is 9.49 Å². The molecular formula is C15H20IN. The molecule has 2 N–H and O–H groups in total. The SMILES string of the molecule is NC/C(=C/c1cccc(I)c1)C1CCCCC1. The first kappa shape index (κ1) is 13.1. The summed E-state index contributed by atoms with van der Waals surface area (Å²) < 4.78 is 1.29. The molecule has 1 nitrogen and oxygen atoms in total. The third-order valence-corrected chi connectivity index (χ3v) is 4.24. The maximum atomic E-state index is 5.92. The van der Waals surface area contributed by atoms with Crippen LogP contribution in [0.4, 0.5) is 0 Å². The zero-order valence-corrected chi connectivity index (χ0v) is 12.3. The van der Waals surface area contributed by atoms with Crippen molar-refractivity contribution in [2.45, 2.75) is 32.1 Å². The molecule has 0 bridgehead atoms. The summed E-state index contributed by atoms with van der Waals surface area (Å²) in [4.78, 5) is 0. The standard InChI is InChI=1S/C15H20IN/c16-15-8-4-5-12(10-15)9-14(11-17)13-6-2-1-3-7-13/h4-5,8-10,13H,1-3,6-7,11,17H2/b14-9-. The molecule has 1 aromatic carbocycles. The van der Waals surface area contributed by atoms with Crippen molar-refractivity contribution < 1.29 is 0 Å². The minimum atomic E-state index is 0.705. The van der Waals surface area contributed by atoms with Crippen LogP contribution in [0.15, 0.2) is 29.8 Å². The van der Waals surface area contributed by atoms with E-state index in [0.717, 1.165) is 5.92 Å². The van der Waals surface area contributed by atoms with Crippen molar-refractivity contribution in [2.75, 3.05) is 6.54 Å². The predicted molar refractivity (Wildman–Crippen MR) is 82.8 cm³/mol. The van der Waals surface area contributed by atoms with Crippen molar-refractivity contribution >= 4 is 28.7 Å². The van der Waals surface area contributed by atoms with Crippen molar-refractivity contribution in [3.63, 3.8) is 0 Å². The highest BCUT2D eigenvalue weighted by atomic mass is 127. The number of benzene rings is 1. The monoisotopic (exact) mass is 341 g/mol. The van der Waals surface area contributed by atoms with Gasteiger partial charge in [0.2, 0.25) is 0 Å². The third-order valence-electron chi connectivity index (χ3n) is 3.57. The second-order valence-electron chi connectivity index (χ2n) is 4.81. The summed E-state index contributed by atoms with van der Waals surface area (Å²) >= 11 is 2.36. The second kappa shape index (κ2) is 6.55. The highest BCUT2D eigenvalue weighted by Gasteiger charge is 2.16. The molecule has 0 unspecified atom stereocenters. The van der Waals surface area contributed by atoms with Crippen LogP contribution in [0.5, 0.6) is 0 Å². The van der Waals surface area contributed by atoms with Crippen LogP contribution in [-0.4, -0.2) is 6.54 Å². The summed E-state index contributed by atoms with van der Waals surface area (Å²) in [7, 11) is 0. The van der Waals surface area contributed by atoms with Crippen LogP contribution in [0.3, 0.4) is 0 Å². The summed E-state index contributed by atoms with van der Waals surface area (Å²) in [5, 5.41) is 0. The molecule has 1 fully saturated rings. The summed E-state index contributed by atoms with van der Waals surface area (Å²) in [6.07, 6.45) is 9.10. The van der Waals surface area contributed by atoms with E-state index in [2.05, 4.69) is 52.9 Å². The molecule has 1 saturated carbocycles. The molecule has 0 saturated heterocycles. The van der Waals surface area contributed by atoms with E-state index in [1.54, 1.807) is 0 Å². The molecular weight excluding hydrogens is 321 g/mol. The van der Waals surface area contributed by atoms with E-state index >= 15 is 0 Å². The number of hydrogen-bond donors (Lipinski definition) is 1. The smallest absolute Gasteiger partial charge is 0.0142 e. The summed E-state index contributed by atoms with van der Waals surface area (Å²) in [5.41, 5.74) is 8.65. The fourth-order valence-corrected chi connectivity index (χ4v) is 3.19. The third kappa shape index (κ3) is 3.81. The lowest BCUT2D eigenvalue weighted by molar-refractivity contribution is 0.401. The van der Waals surface area contributed by atoms with Gasteiger partial charge < -0.3 is 5.73 Å². The molecule has 0 atom stereocenters. The van der Waals surface area contributed by atoms with E-state index in [1.807, 2.05) is 0 Å². The van der Waals surface area contributed by atoms with Gasteiger partial charge in [-0.15, -0.1) is 0 Å². The van der Waals surface area contributed by atoms with Gasteiger partial charge in [-0.05, 0) is 59.0 Å². The molecule has 0 amide bonds. The lowest BCUT2D eigenvalue weighted by Crippen LogP contribution is -2.16. The van der Waals surface area contributed by atoms with Gasteiger partial charge >= 0.3 is 0 Å². The molecule has 1 aliphatic rings. The van der Waals surface area contributed by atoms with E-state index in [9.17, 15) is 0 Å². The van der Waals surface area contributed by atoms with Crippen LogP contribution in [-0.2, 0) is 0 Å². The molecule has 0 aromatic heterocycles. The molecule has 0 heterocycles. The van der Waals surface area contributed by atoms with Crippen LogP contribution in [0.25, 0.3) is 6.08 Å². The largest absolute Gasteiger partial charge is 0.327 e. The maximum absolute atomic E-state index is 5.92. The minimum Gasteiger partial charge on any atom is -0.327 e. The first-order valence-electron chi connectivity index (χ1n) is 6.45. The Bertz CT molecular complexity index is 392. The molecule has 0 spiro atoms. The Hall–Kier alpha value is -0.350. The number of nitrogens with two attached hydrogens (primary N) is 1. The van der Waals surface area contributed by atoms with Gasteiger partial charge in [0.25, 0.3) is 0 Å². The van der Waals surface area contributed by atoms with Crippen LogP contribution < -0.4 is 5.73 Å². The van der Waals surface area contributed by atoms with E-state index in [4.69, 9.17) is 5.73 Å². The number of halogens is 1. The zero-order valence-electron chi connectivity index (χ0n) is 10.2. The van der Waals surface area contributed by atoms with Crippen molar-refractivity contribution in [2.24, 2.45) is 11.7 Å². The Kier molecular flexibility index (Phi) is 5.04. The highest BCUT2D eigenvalue weighted by molar-refractivity contribution is 14.1. The molecule has 1 aromatic rings. The maximum Gasteiger partial charge on any atom is 0.0142 e. The van der Waals surface area contributed by atoms with Gasteiger partial charge in [0.1, 0.15) is 0 Å². The van der Waals surface area contributed by atoms with E-state index in [-0.39, 0.29) is 0 Å². The first-order chi connectivity index (χ1) is 8.29. The Labute approximate surface area is 118 Å². The molecule has 17 heavy (non-hydrogen) atoms. The first-order valence-corrected chi connectivity index (χ1v) is 7.53. The van der Waals surface area contributed by atoms with Crippen LogP contribution in [0.2, 0.25) is 0 Å². The van der Waals surface area contributed by atoms with Crippen molar-refractivity contribution in [3.8, 4) is 0 Å². The lowest BCUT2D eigenvalue weighted by Gasteiger charge is -2.24. The quantitative estimate of drug-likeness (QED) is 0.819. The van der Waals surface area contributed by atoms with Crippen LogP contribution in [0.1, 0.15) is 37.7 Å². The van der Waals surface area contributed by atoms with Crippen molar-refractivity contribution in [1.82, 2.24) is 0 Å². The summed E-state index contributed by atoms with van der Waals surface area (Å²) in [6.45, 7) is 0.705. The fourth-order valence-electron chi connectivity index (χ4n) is 2.63. The zero-order chi connectivity index (χ0) is 12.1. The van der Waals surface area contributed by atoms with E-state index in [1.165, 1.54) is 46.8 Å². The molecule has 1 aliphatic carbocycles. The Morgan fingerprint density at radius 2 is 2.06 bits per heavy atom. The summed E-state index contributed by atoms with van der Waals surface area (Å²) in [6, 6.07) is 8.63. The molecule has 2 rings (SSSR count). The Morgan fingerprint density at radius 1 is 1.29 bits per heavy atom. The van der Waals surface area contributed by atoms with Crippen molar-refractivity contribution in [1.29, 1.82) is 0 Å². The molecule has 2 heteroatoms. The van der Waals surface area contributed by atoms with Gasteiger partial charge in [0, 0.05) is 10.1 Å². The van der Waals surface area contributed by atoms with Gasteiger partial charge in [0.15, 0.2) is 0 Å². The van der Waals surface area contributed by atoms with Gasteiger partial charge in [-0.1, -0.05) is 43.0 Å². The van der Waals surface area contributed by atoms with Crippen molar-refractivity contribution in [3.05, 3.63) is 39.0 Å². The molecule has 0 aliphatic heterocycles. The Morgan fingerprint density at radius 3 is 2.71 bits per heavy atom. The second-order valence-corrected chi connectivity index (χ2v) is 6.06. The van der Waals surface area contributed by atoms with Gasteiger partial charge in [-0.2, -0.15) is 0 Å². The molecule has 0 radical (unpaired) electrons. The predicted octanol–water partition coefficient (Wildman–Crippen LogP) is 4.21. The average Bonchev–Trinajstić information content (AvgIpc) is 2.37. The lowest BCUT2D eigenvalue weighted by atomic mass is 9.83. The molecule has 92 valence electrons. The van der Waals surface area contributed by atoms with Gasteiger partial charge in [0.05, 0.1) is 0 Å². The number of rotatable bonds is 3. The van der Waals surface area contributed by atoms with E-state index < -0.39 is 0 Å². The normalized spacial score (nSPS) is 18.4. The minimum absolute atomic E-state index is 0.705. The van der Waals surface area contributed by atoms with E-state index in [0.29, 0.717) is 6.54 Å². The summed E-state index contributed by atoms with van der Waals surface area (Å²) in [5.74, 6) is 0.728. The fraction of sp³-hybridized carbons (Fsp3) is 0.467. The van der Waals surface area contributed by atoms with Crippen LogP contribution >= 0.6 is 22.6 Å². The Balaban J connectivity index is 2.16. The van der Waals surface area contributed by atoms with Gasteiger partial charge in [-0.25, -0.2) is 0 Å².